The van der Waals surface area contributed by atoms with E-state index in [1.807, 2.05) is 13.8 Å². The van der Waals surface area contributed by atoms with Crippen molar-refractivity contribution in [2.24, 2.45) is 0 Å². The number of carbonyl (C=O) groups excluding carboxylic acids is 2. The lowest BCUT2D eigenvalue weighted by molar-refractivity contribution is -0.148. The van der Waals surface area contributed by atoms with Crippen LogP contribution in [0.15, 0.2) is 0 Å². The van der Waals surface area contributed by atoms with Gasteiger partial charge in [-0.15, -0.1) is 0 Å². The molecule has 76 valence electrons. The second-order valence-electron chi connectivity index (χ2n) is 3.05. The molecule has 0 aromatic carbocycles. The molecule has 0 aliphatic rings. The maximum atomic E-state index is 11.0. The molecule has 13 heavy (non-hydrogen) atoms. The van der Waals surface area contributed by atoms with Crippen LogP contribution in [0.1, 0.15) is 46.0 Å². The van der Waals surface area contributed by atoms with E-state index in [2.05, 4.69) is 0 Å². The minimum atomic E-state index is -0.271. The molecule has 0 spiro atoms. The predicted octanol–water partition coefficient (Wildman–Crippen LogP) is 2.09. The van der Waals surface area contributed by atoms with Gasteiger partial charge in [-0.3, -0.25) is 9.59 Å². The molecular weight excluding hydrogens is 168 g/mol. The maximum Gasteiger partial charge on any atom is 0.306 e. The Labute approximate surface area is 79.5 Å². The number of ketones is 1. The van der Waals surface area contributed by atoms with Crippen LogP contribution in [0, 0.1) is 0 Å². The molecule has 0 N–H and O–H groups in total. The minimum Gasteiger partial charge on any atom is -0.458 e. The summed E-state index contributed by atoms with van der Waals surface area (Å²) in [6.45, 7) is 3.88. The average Bonchev–Trinajstić information content (AvgIpc) is 2.12. The van der Waals surface area contributed by atoms with Gasteiger partial charge in [0.05, 0.1) is 0 Å². The number of Topliss-reactive ketones (excluding diaryl/α,β-unsaturated/α-hetero) is 1. The molecular formula is C10H18O3. The molecule has 0 fully saturated rings. The third-order valence-electron chi connectivity index (χ3n) is 1.66. The summed E-state index contributed by atoms with van der Waals surface area (Å²) < 4.78 is 4.75. The summed E-state index contributed by atoms with van der Waals surface area (Å²) in [7, 11) is 0. The molecule has 0 radical (unpaired) electrons. The number of carbonyl (C=O) groups is 2. The lowest BCUT2D eigenvalue weighted by Crippen LogP contribution is -2.13. The van der Waals surface area contributed by atoms with E-state index in [9.17, 15) is 9.59 Å². The standard InChI is InChI=1S/C10H18O3/c1-3-5-7-9(11)8-13-10(12)6-4-2/h3-8H2,1-2H3. The molecule has 0 bridgehead atoms. The molecule has 3 nitrogen and oxygen atoms in total. The number of ether oxygens (including phenoxy) is 1. The first kappa shape index (κ1) is 12.1. The third-order valence-corrected chi connectivity index (χ3v) is 1.66. The highest BCUT2D eigenvalue weighted by atomic mass is 16.5. The molecule has 0 aromatic rings. The van der Waals surface area contributed by atoms with Crippen LogP contribution in [-0.4, -0.2) is 18.4 Å². The van der Waals surface area contributed by atoms with Crippen LogP contribution in [0.2, 0.25) is 0 Å². The van der Waals surface area contributed by atoms with E-state index >= 15 is 0 Å². The number of unbranched alkanes of at least 4 members (excludes halogenated alkanes) is 1. The van der Waals surface area contributed by atoms with Crippen molar-refractivity contribution in [2.45, 2.75) is 46.0 Å². The number of hydrogen-bond donors (Lipinski definition) is 0. The Morgan fingerprint density at radius 2 is 1.77 bits per heavy atom. The van der Waals surface area contributed by atoms with Crippen LogP contribution >= 0.6 is 0 Å². The van der Waals surface area contributed by atoms with E-state index in [1.54, 1.807) is 0 Å². The Balaban J connectivity index is 3.40. The predicted molar refractivity (Wildman–Crippen MR) is 50.4 cm³/mol. The molecule has 0 aliphatic heterocycles. The monoisotopic (exact) mass is 186 g/mol. The Kier molecular flexibility index (Phi) is 7.26. The zero-order chi connectivity index (χ0) is 10.1. The van der Waals surface area contributed by atoms with E-state index in [4.69, 9.17) is 4.74 Å². The van der Waals surface area contributed by atoms with Crippen LogP contribution < -0.4 is 0 Å². The molecule has 0 atom stereocenters. The van der Waals surface area contributed by atoms with Gasteiger partial charge in [-0.25, -0.2) is 0 Å². The van der Waals surface area contributed by atoms with Crippen molar-refractivity contribution in [2.75, 3.05) is 6.61 Å². The molecule has 0 amide bonds. The molecule has 3 heteroatoms. The van der Waals surface area contributed by atoms with Crippen LogP contribution in [-0.2, 0) is 14.3 Å². The summed E-state index contributed by atoms with van der Waals surface area (Å²) in [6, 6.07) is 0. The van der Waals surface area contributed by atoms with Gasteiger partial charge in [-0.05, 0) is 12.8 Å². The van der Waals surface area contributed by atoms with Crippen molar-refractivity contribution >= 4 is 11.8 Å². The summed E-state index contributed by atoms with van der Waals surface area (Å²) in [5, 5.41) is 0. The van der Waals surface area contributed by atoms with E-state index in [-0.39, 0.29) is 18.4 Å². The van der Waals surface area contributed by atoms with Crippen LogP contribution in [0.25, 0.3) is 0 Å². The fraction of sp³-hybridized carbons (Fsp3) is 0.800. The second kappa shape index (κ2) is 7.77. The Morgan fingerprint density at radius 1 is 1.08 bits per heavy atom. The Morgan fingerprint density at radius 3 is 2.31 bits per heavy atom. The lowest BCUT2D eigenvalue weighted by atomic mass is 10.2. The van der Waals surface area contributed by atoms with Gasteiger partial charge in [-0.1, -0.05) is 20.3 Å². The lowest BCUT2D eigenvalue weighted by Gasteiger charge is -2.02. The van der Waals surface area contributed by atoms with E-state index in [0.717, 1.165) is 19.3 Å². The van der Waals surface area contributed by atoms with Crippen molar-refractivity contribution in [1.82, 2.24) is 0 Å². The van der Waals surface area contributed by atoms with Gasteiger partial charge >= 0.3 is 5.97 Å². The molecule has 0 unspecified atom stereocenters. The van der Waals surface area contributed by atoms with E-state index in [0.29, 0.717) is 12.8 Å². The van der Waals surface area contributed by atoms with Crippen molar-refractivity contribution in [3.8, 4) is 0 Å². The van der Waals surface area contributed by atoms with Gasteiger partial charge < -0.3 is 4.74 Å². The zero-order valence-electron chi connectivity index (χ0n) is 8.47. The van der Waals surface area contributed by atoms with Gasteiger partial charge in [-0.2, -0.15) is 0 Å². The molecule has 0 rings (SSSR count). The highest BCUT2D eigenvalue weighted by Gasteiger charge is 2.05. The highest BCUT2D eigenvalue weighted by molar-refractivity contribution is 5.82. The Bertz CT molecular complexity index is 164. The maximum absolute atomic E-state index is 11.0. The summed E-state index contributed by atoms with van der Waals surface area (Å²) in [6.07, 6.45) is 3.57. The number of hydrogen-bond acceptors (Lipinski definition) is 3. The fourth-order valence-electron chi connectivity index (χ4n) is 0.883. The first-order valence-electron chi connectivity index (χ1n) is 4.88. The molecule has 0 heterocycles. The quantitative estimate of drug-likeness (QED) is 0.572. The Hall–Kier alpha value is -0.860. The third kappa shape index (κ3) is 7.50. The number of esters is 1. The van der Waals surface area contributed by atoms with Gasteiger partial charge in [0.15, 0.2) is 5.78 Å². The first-order chi connectivity index (χ1) is 6.20. The van der Waals surface area contributed by atoms with Crippen molar-refractivity contribution < 1.29 is 14.3 Å². The van der Waals surface area contributed by atoms with Gasteiger partial charge in [0.2, 0.25) is 0 Å². The number of rotatable bonds is 7. The molecule has 0 aliphatic carbocycles. The SMILES string of the molecule is CCCCC(=O)COC(=O)CCC. The van der Waals surface area contributed by atoms with Gasteiger partial charge in [0.25, 0.3) is 0 Å². The molecule has 0 saturated carbocycles. The van der Waals surface area contributed by atoms with E-state index in [1.165, 1.54) is 0 Å². The normalized spacial score (nSPS) is 9.69. The van der Waals surface area contributed by atoms with Crippen LogP contribution in [0.5, 0.6) is 0 Å². The van der Waals surface area contributed by atoms with E-state index < -0.39 is 0 Å². The average molecular weight is 186 g/mol. The summed E-state index contributed by atoms with van der Waals surface area (Å²) in [4.78, 5) is 21.9. The van der Waals surface area contributed by atoms with Crippen molar-refractivity contribution in [3.05, 3.63) is 0 Å². The summed E-state index contributed by atoms with van der Waals surface area (Å²) in [5.74, 6) is -0.251. The summed E-state index contributed by atoms with van der Waals surface area (Å²) in [5.41, 5.74) is 0. The molecule has 0 aromatic heterocycles. The highest BCUT2D eigenvalue weighted by Crippen LogP contribution is 1.97. The second-order valence-corrected chi connectivity index (χ2v) is 3.05. The zero-order valence-corrected chi connectivity index (χ0v) is 8.47. The topological polar surface area (TPSA) is 43.4 Å². The summed E-state index contributed by atoms with van der Waals surface area (Å²) >= 11 is 0. The molecule has 0 saturated heterocycles. The van der Waals surface area contributed by atoms with Crippen LogP contribution in [0.4, 0.5) is 0 Å². The smallest absolute Gasteiger partial charge is 0.306 e. The van der Waals surface area contributed by atoms with Crippen molar-refractivity contribution in [3.63, 3.8) is 0 Å². The van der Waals surface area contributed by atoms with Gasteiger partial charge in [0, 0.05) is 12.8 Å². The first-order valence-corrected chi connectivity index (χ1v) is 4.88. The van der Waals surface area contributed by atoms with Gasteiger partial charge in [0.1, 0.15) is 6.61 Å². The minimum absolute atomic E-state index is 0.0197. The largest absolute Gasteiger partial charge is 0.458 e. The van der Waals surface area contributed by atoms with Crippen LogP contribution in [0.3, 0.4) is 0 Å². The fourth-order valence-corrected chi connectivity index (χ4v) is 0.883. The van der Waals surface area contributed by atoms with Crippen molar-refractivity contribution in [1.29, 1.82) is 0 Å².